The summed E-state index contributed by atoms with van der Waals surface area (Å²) in [6, 6.07) is 0. The third-order valence-corrected chi connectivity index (χ3v) is 3.83. The Kier molecular flexibility index (Phi) is 4.96. The molecule has 1 fully saturated rings. The summed E-state index contributed by atoms with van der Waals surface area (Å²) < 4.78 is 0. The number of rotatable bonds is 5. The van der Waals surface area contributed by atoms with Gasteiger partial charge >= 0.3 is 5.97 Å². The summed E-state index contributed by atoms with van der Waals surface area (Å²) in [6.07, 6.45) is 1.57. The van der Waals surface area contributed by atoms with Crippen molar-refractivity contribution < 1.29 is 14.7 Å². The standard InChI is InChI=1S/C14H26N2O3/c1-5-14(12(18)19)7-9-16(10-14)11(17)6-8-15-13(2,3)4/h15H,5-10H2,1-4H3,(H,18,19). The van der Waals surface area contributed by atoms with Crippen molar-refractivity contribution in [2.75, 3.05) is 19.6 Å². The lowest BCUT2D eigenvalue weighted by Gasteiger charge is -2.24. The van der Waals surface area contributed by atoms with Gasteiger partial charge in [0.25, 0.3) is 0 Å². The van der Waals surface area contributed by atoms with Crippen LogP contribution in [0, 0.1) is 5.41 Å². The van der Waals surface area contributed by atoms with Crippen LogP contribution in [-0.2, 0) is 9.59 Å². The molecule has 1 rings (SSSR count). The Morgan fingerprint density at radius 1 is 1.37 bits per heavy atom. The first-order valence-electron chi connectivity index (χ1n) is 6.96. The summed E-state index contributed by atoms with van der Waals surface area (Å²) >= 11 is 0. The smallest absolute Gasteiger partial charge is 0.311 e. The van der Waals surface area contributed by atoms with Gasteiger partial charge in [0.2, 0.25) is 5.91 Å². The van der Waals surface area contributed by atoms with Crippen LogP contribution in [0.25, 0.3) is 0 Å². The van der Waals surface area contributed by atoms with Crippen LogP contribution in [0.3, 0.4) is 0 Å². The molecule has 5 heteroatoms. The van der Waals surface area contributed by atoms with Crippen molar-refractivity contribution >= 4 is 11.9 Å². The van der Waals surface area contributed by atoms with E-state index in [1.165, 1.54) is 0 Å². The maximum atomic E-state index is 12.1. The summed E-state index contributed by atoms with van der Waals surface area (Å²) in [5, 5.41) is 12.6. The van der Waals surface area contributed by atoms with Crippen LogP contribution < -0.4 is 5.32 Å². The van der Waals surface area contributed by atoms with E-state index in [9.17, 15) is 14.7 Å². The number of amides is 1. The van der Waals surface area contributed by atoms with Crippen molar-refractivity contribution in [2.24, 2.45) is 5.41 Å². The Labute approximate surface area is 115 Å². The molecule has 1 heterocycles. The number of hydrogen-bond donors (Lipinski definition) is 2. The van der Waals surface area contributed by atoms with E-state index in [4.69, 9.17) is 0 Å². The minimum absolute atomic E-state index is 0.000466. The van der Waals surface area contributed by atoms with E-state index in [-0.39, 0.29) is 11.4 Å². The van der Waals surface area contributed by atoms with E-state index >= 15 is 0 Å². The number of carboxylic acid groups (broad SMARTS) is 1. The lowest BCUT2D eigenvalue weighted by Crippen LogP contribution is -2.40. The molecule has 19 heavy (non-hydrogen) atoms. The Hall–Kier alpha value is -1.10. The number of hydrogen-bond acceptors (Lipinski definition) is 3. The molecule has 0 saturated carbocycles. The Bertz CT molecular complexity index is 349. The first kappa shape index (κ1) is 16.0. The molecule has 0 aromatic heterocycles. The van der Waals surface area contributed by atoms with Gasteiger partial charge in [0.05, 0.1) is 5.41 Å². The fourth-order valence-corrected chi connectivity index (χ4v) is 2.40. The number of carbonyl (C=O) groups excluding carboxylic acids is 1. The van der Waals surface area contributed by atoms with Gasteiger partial charge in [-0.1, -0.05) is 6.92 Å². The Morgan fingerprint density at radius 3 is 2.42 bits per heavy atom. The maximum Gasteiger partial charge on any atom is 0.311 e. The number of aliphatic carboxylic acids is 1. The number of nitrogens with zero attached hydrogens (tertiary/aromatic N) is 1. The second kappa shape index (κ2) is 5.90. The van der Waals surface area contributed by atoms with Crippen LogP contribution in [0.2, 0.25) is 0 Å². The fourth-order valence-electron chi connectivity index (χ4n) is 2.40. The molecule has 1 aliphatic rings. The zero-order valence-electron chi connectivity index (χ0n) is 12.5. The minimum Gasteiger partial charge on any atom is -0.481 e. The van der Waals surface area contributed by atoms with Crippen LogP contribution in [0.15, 0.2) is 0 Å². The van der Waals surface area contributed by atoms with E-state index in [2.05, 4.69) is 26.1 Å². The minimum atomic E-state index is -0.780. The molecular formula is C14H26N2O3. The predicted molar refractivity (Wildman–Crippen MR) is 73.9 cm³/mol. The van der Waals surface area contributed by atoms with Crippen molar-refractivity contribution in [1.29, 1.82) is 0 Å². The summed E-state index contributed by atoms with van der Waals surface area (Å²) in [6.45, 7) is 9.59. The van der Waals surface area contributed by atoms with Crippen molar-refractivity contribution in [3.05, 3.63) is 0 Å². The van der Waals surface area contributed by atoms with Crippen LogP contribution >= 0.6 is 0 Å². The second-order valence-corrected chi connectivity index (χ2v) is 6.43. The molecule has 110 valence electrons. The molecule has 1 atom stereocenters. The van der Waals surface area contributed by atoms with E-state index in [0.29, 0.717) is 38.9 Å². The van der Waals surface area contributed by atoms with Gasteiger partial charge in [-0.15, -0.1) is 0 Å². The molecule has 1 aliphatic heterocycles. The normalized spacial score (nSPS) is 23.7. The molecule has 0 aromatic rings. The molecule has 0 spiro atoms. The van der Waals surface area contributed by atoms with Crippen molar-refractivity contribution in [3.8, 4) is 0 Å². The Balaban J connectivity index is 2.46. The molecule has 0 aromatic carbocycles. The van der Waals surface area contributed by atoms with E-state index < -0.39 is 11.4 Å². The Morgan fingerprint density at radius 2 is 2.00 bits per heavy atom. The van der Waals surface area contributed by atoms with Crippen LogP contribution in [-0.4, -0.2) is 47.1 Å². The van der Waals surface area contributed by atoms with Gasteiger partial charge < -0.3 is 15.3 Å². The van der Waals surface area contributed by atoms with Crippen molar-refractivity contribution in [1.82, 2.24) is 10.2 Å². The zero-order valence-corrected chi connectivity index (χ0v) is 12.5. The van der Waals surface area contributed by atoms with Crippen LogP contribution in [0.1, 0.15) is 47.0 Å². The molecule has 0 radical (unpaired) electrons. The highest BCUT2D eigenvalue weighted by Crippen LogP contribution is 2.34. The van der Waals surface area contributed by atoms with Gasteiger partial charge in [0, 0.05) is 31.6 Å². The first-order chi connectivity index (χ1) is 8.70. The average Bonchev–Trinajstić information content (AvgIpc) is 2.72. The summed E-state index contributed by atoms with van der Waals surface area (Å²) in [5.74, 6) is -0.730. The van der Waals surface area contributed by atoms with Gasteiger partial charge in [0.15, 0.2) is 0 Å². The number of carboxylic acids is 1. The third kappa shape index (κ3) is 4.20. The summed E-state index contributed by atoms with van der Waals surface area (Å²) in [4.78, 5) is 25.1. The van der Waals surface area contributed by atoms with E-state index in [0.717, 1.165) is 0 Å². The van der Waals surface area contributed by atoms with Crippen molar-refractivity contribution in [2.45, 2.75) is 52.5 Å². The molecule has 0 aliphatic carbocycles. The highest BCUT2D eigenvalue weighted by Gasteiger charge is 2.44. The predicted octanol–water partition coefficient (Wildman–Crippen LogP) is 1.48. The van der Waals surface area contributed by atoms with Gasteiger partial charge in [-0.05, 0) is 33.6 Å². The lowest BCUT2D eigenvalue weighted by molar-refractivity contribution is -0.148. The number of nitrogens with one attached hydrogen (secondary N) is 1. The average molecular weight is 270 g/mol. The molecule has 1 amide bonds. The maximum absolute atomic E-state index is 12.1. The van der Waals surface area contributed by atoms with Gasteiger partial charge in [0.1, 0.15) is 0 Å². The molecular weight excluding hydrogens is 244 g/mol. The lowest BCUT2D eigenvalue weighted by atomic mass is 9.84. The number of carbonyl (C=O) groups is 2. The zero-order chi connectivity index (χ0) is 14.7. The SMILES string of the molecule is CCC1(C(=O)O)CCN(C(=O)CCNC(C)(C)C)C1. The second-order valence-electron chi connectivity index (χ2n) is 6.43. The molecule has 0 bridgehead atoms. The number of likely N-dealkylation sites (tertiary alicyclic amines) is 1. The largest absolute Gasteiger partial charge is 0.481 e. The van der Waals surface area contributed by atoms with Gasteiger partial charge in [-0.25, -0.2) is 0 Å². The van der Waals surface area contributed by atoms with Crippen LogP contribution in [0.4, 0.5) is 0 Å². The quantitative estimate of drug-likeness (QED) is 0.794. The molecule has 2 N–H and O–H groups in total. The van der Waals surface area contributed by atoms with Crippen LogP contribution in [0.5, 0.6) is 0 Å². The monoisotopic (exact) mass is 270 g/mol. The summed E-state index contributed by atoms with van der Waals surface area (Å²) in [5.41, 5.74) is -0.730. The third-order valence-electron chi connectivity index (χ3n) is 3.83. The fraction of sp³-hybridized carbons (Fsp3) is 0.857. The molecule has 1 saturated heterocycles. The van der Waals surface area contributed by atoms with E-state index in [1.807, 2.05) is 6.92 Å². The van der Waals surface area contributed by atoms with E-state index in [1.54, 1.807) is 4.90 Å². The topological polar surface area (TPSA) is 69.6 Å². The van der Waals surface area contributed by atoms with Gasteiger partial charge in [-0.2, -0.15) is 0 Å². The molecule has 5 nitrogen and oxygen atoms in total. The highest BCUT2D eigenvalue weighted by atomic mass is 16.4. The van der Waals surface area contributed by atoms with Gasteiger partial charge in [-0.3, -0.25) is 9.59 Å². The summed E-state index contributed by atoms with van der Waals surface area (Å²) in [7, 11) is 0. The molecule has 1 unspecified atom stereocenters. The highest BCUT2D eigenvalue weighted by molar-refractivity contribution is 5.80. The van der Waals surface area contributed by atoms with Crippen molar-refractivity contribution in [3.63, 3.8) is 0 Å². The first-order valence-corrected chi connectivity index (χ1v) is 6.96.